The lowest BCUT2D eigenvalue weighted by molar-refractivity contribution is 0.186. The first kappa shape index (κ1) is 17.9. The number of fused-ring (bicyclic) bond motifs is 1. The van der Waals surface area contributed by atoms with Crippen molar-refractivity contribution >= 4 is 21.6 Å². The highest BCUT2D eigenvalue weighted by Gasteiger charge is 2.43. The largest absolute Gasteiger partial charge is 0.383 e. The SMILES string of the molecule is COCCn1c(=O)n(C2(C)CC2)c(=O)c2c(C)c(Cn3nc[nH]c3=O)sc21. The maximum atomic E-state index is 13.2. The molecule has 1 saturated carbocycles. The van der Waals surface area contributed by atoms with Gasteiger partial charge < -0.3 is 4.74 Å². The second-order valence-corrected chi connectivity index (χ2v) is 8.23. The molecule has 4 rings (SSSR count). The maximum absolute atomic E-state index is 13.2. The van der Waals surface area contributed by atoms with Crippen LogP contribution in [0.3, 0.4) is 0 Å². The lowest BCUT2D eigenvalue weighted by atomic mass is 10.2. The zero-order valence-electron chi connectivity index (χ0n) is 15.4. The Morgan fingerprint density at radius 2 is 2.07 bits per heavy atom. The van der Waals surface area contributed by atoms with Crippen molar-refractivity contribution in [1.82, 2.24) is 23.9 Å². The molecule has 3 aromatic heterocycles. The number of methoxy groups -OCH3 is 1. The first-order valence-corrected chi connectivity index (χ1v) is 9.57. The Hall–Kier alpha value is -2.46. The topological polar surface area (TPSA) is 104 Å². The predicted molar refractivity (Wildman–Crippen MR) is 102 cm³/mol. The molecular formula is C17H21N5O4S. The van der Waals surface area contributed by atoms with Crippen LogP contribution in [-0.2, 0) is 23.4 Å². The Morgan fingerprint density at radius 3 is 2.67 bits per heavy atom. The zero-order valence-corrected chi connectivity index (χ0v) is 16.3. The van der Waals surface area contributed by atoms with Gasteiger partial charge in [-0.3, -0.25) is 18.9 Å². The van der Waals surface area contributed by atoms with Gasteiger partial charge >= 0.3 is 11.4 Å². The molecule has 0 spiro atoms. The lowest BCUT2D eigenvalue weighted by Crippen LogP contribution is -2.45. The van der Waals surface area contributed by atoms with E-state index < -0.39 is 5.54 Å². The van der Waals surface area contributed by atoms with Crippen molar-refractivity contribution in [1.29, 1.82) is 0 Å². The number of hydrogen-bond donors (Lipinski definition) is 1. The van der Waals surface area contributed by atoms with Gasteiger partial charge in [0.25, 0.3) is 5.56 Å². The van der Waals surface area contributed by atoms with Crippen molar-refractivity contribution in [2.75, 3.05) is 13.7 Å². The van der Waals surface area contributed by atoms with Gasteiger partial charge in [0.15, 0.2) is 0 Å². The second-order valence-electron chi connectivity index (χ2n) is 7.15. The number of thiophene rings is 1. The lowest BCUT2D eigenvalue weighted by Gasteiger charge is -2.16. The third-order valence-corrected chi connectivity index (χ3v) is 6.56. The fourth-order valence-electron chi connectivity index (χ4n) is 3.33. The summed E-state index contributed by atoms with van der Waals surface area (Å²) in [5.74, 6) is 0. The summed E-state index contributed by atoms with van der Waals surface area (Å²) in [5.41, 5.74) is -0.483. The van der Waals surface area contributed by atoms with Gasteiger partial charge in [-0.2, -0.15) is 5.10 Å². The molecule has 10 heteroatoms. The molecule has 3 heterocycles. The average Bonchev–Trinajstić information content (AvgIpc) is 3.09. The zero-order chi connectivity index (χ0) is 19.3. The molecule has 1 aliphatic rings. The Kier molecular flexibility index (Phi) is 4.19. The molecule has 0 unspecified atom stereocenters. The molecule has 1 fully saturated rings. The van der Waals surface area contributed by atoms with E-state index in [1.165, 1.54) is 26.9 Å². The number of nitrogens with one attached hydrogen (secondary N) is 1. The number of nitrogens with zero attached hydrogens (tertiary/aromatic N) is 4. The molecule has 0 amide bonds. The van der Waals surface area contributed by atoms with Crippen LogP contribution < -0.4 is 16.9 Å². The minimum atomic E-state index is -0.412. The first-order chi connectivity index (χ1) is 12.9. The van der Waals surface area contributed by atoms with Crippen LogP contribution in [0.5, 0.6) is 0 Å². The fourth-order valence-corrected chi connectivity index (χ4v) is 4.63. The maximum Gasteiger partial charge on any atom is 0.343 e. The first-order valence-electron chi connectivity index (χ1n) is 8.75. The number of rotatable bonds is 6. The molecule has 0 bridgehead atoms. The van der Waals surface area contributed by atoms with E-state index in [2.05, 4.69) is 10.1 Å². The summed E-state index contributed by atoms with van der Waals surface area (Å²) in [6.45, 7) is 4.79. The van der Waals surface area contributed by atoms with E-state index in [4.69, 9.17) is 4.74 Å². The van der Waals surface area contributed by atoms with E-state index in [0.29, 0.717) is 23.4 Å². The van der Waals surface area contributed by atoms with Crippen molar-refractivity contribution in [3.05, 3.63) is 48.1 Å². The van der Waals surface area contributed by atoms with Gasteiger partial charge in [-0.25, -0.2) is 14.3 Å². The van der Waals surface area contributed by atoms with Gasteiger partial charge in [-0.15, -0.1) is 11.3 Å². The molecular weight excluding hydrogens is 370 g/mol. The van der Waals surface area contributed by atoms with Gasteiger partial charge in [0, 0.05) is 12.0 Å². The van der Waals surface area contributed by atoms with Crippen LogP contribution in [0.15, 0.2) is 20.7 Å². The Bertz CT molecular complexity index is 1190. The Labute approximate surface area is 157 Å². The molecule has 0 atom stereocenters. The highest BCUT2D eigenvalue weighted by molar-refractivity contribution is 7.18. The third-order valence-electron chi connectivity index (χ3n) is 5.26. The monoisotopic (exact) mass is 391 g/mol. The Balaban J connectivity index is 1.97. The number of H-pyrrole nitrogens is 1. The van der Waals surface area contributed by atoms with E-state index >= 15 is 0 Å². The molecule has 3 aromatic rings. The molecule has 9 nitrogen and oxygen atoms in total. The highest BCUT2D eigenvalue weighted by atomic mass is 32.1. The molecule has 1 aliphatic carbocycles. The van der Waals surface area contributed by atoms with Crippen LogP contribution in [0, 0.1) is 6.92 Å². The Morgan fingerprint density at radius 1 is 1.33 bits per heavy atom. The van der Waals surface area contributed by atoms with Gasteiger partial charge in [-0.1, -0.05) is 0 Å². The van der Waals surface area contributed by atoms with Crippen molar-refractivity contribution in [2.45, 2.75) is 45.3 Å². The van der Waals surface area contributed by atoms with Crippen LogP contribution in [0.1, 0.15) is 30.2 Å². The molecule has 0 aliphatic heterocycles. The number of aromatic nitrogens is 5. The summed E-state index contributed by atoms with van der Waals surface area (Å²) < 4.78 is 9.48. The predicted octanol–water partition coefficient (Wildman–Crippen LogP) is 0.622. The molecule has 0 saturated heterocycles. The molecule has 0 radical (unpaired) electrons. The molecule has 1 N–H and O–H groups in total. The van der Waals surface area contributed by atoms with Crippen molar-refractivity contribution < 1.29 is 4.74 Å². The van der Waals surface area contributed by atoms with Crippen molar-refractivity contribution in [3.8, 4) is 0 Å². The quantitative estimate of drug-likeness (QED) is 0.663. The van der Waals surface area contributed by atoms with E-state index in [-0.39, 0.29) is 23.5 Å². The summed E-state index contributed by atoms with van der Waals surface area (Å²) >= 11 is 1.36. The second kappa shape index (κ2) is 6.31. The van der Waals surface area contributed by atoms with Crippen LogP contribution in [0.2, 0.25) is 0 Å². The standard InChI is InChI=1S/C17H21N5O4S/c1-10-11(8-21-15(24)18-9-19-21)27-14-12(10)13(23)22(17(2)4-5-17)16(25)20(14)6-7-26-3/h9H,4-8H2,1-3H3,(H,18,19,24). The van der Waals surface area contributed by atoms with Crippen LogP contribution in [0.4, 0.5) is 0 Å². The van der Waals surface area contributed by atoms with Gasteiger partial charge in [0.1, 0.15) is 11.2 Å². The fraction of sp³-hybridized carbons (Fsp3) is 0.529. The number of aryl methyl sites for hydroxylation is 1. The highest BCUT2D eigenvalue weighted by Crippen LogP contribution is 2.41. The summed E-state index contributed by atoms with van der Waals surface area (Å²) in [6.07, 6.45) is 2.97. The van der Waals surface area contributed by atoms with E-state index in [9.17, 15) is 14.4 Å². The van der Waals surface area contributed by atoms with Gasteiger partial charge in [0.05, 0.1) is 30.6 Å². The summed E-state index contributed by atoms with van der Waals surface area (Å²) in [6, 6.07) is 0. The third kappa shape index (κ3) is 2.79. The van der Waals surface area contributed by atoms with Crippen LogP contribution >= 0.6 is 11.3 Å². The number of ether oxygens (including phenoxy) is 1. The smallest absolute Gasteiger partial charge is 0.343 e. The van der Waals surface area contributed by atoms with E-state index in [1.807, 2.05) is 13.8 Å². The molecule has 0 aromatic carbocycles. The normalized spacial score (nSPS) is 15.5. The van der Waals surface area contributed by atoms with Crippen molar-refractivity contribution in [2.24, 2.45) is 0 Å². The van der Waals surface area contributed by atoms with Gasteiger partial charge in [0.2, 0.25) is 0 Å². The van der Waals surface area contributed by atoms with Crippen molar-refractivity contribution in [3.63, 3.8) is 0 Å². The number of hydrogen-bond acceptors (Lipinski definition) is 6. The number of aromatic amines is 1. The molecule has 144 valence electrons. The van der Waals surface area contributed by atoms with Crippen LogP contribution in [0.25, 0.3) is 10.2 Å². The van der Waals surface area contributed by atoms with Crippen LogP contribution in [-0.4, -0.2) is 37.6 Å². The average molecular weight is 391 g/mol. The summed E-state index contributed by atoms with van der Waals surface area (Å²) in [5, 5.41) is 4.53. The van der Waals surface area contributed by atoms with E-state index in [1.54, 1.807) is 11.7 Å². The summed E-state index contributed by atoms with van der Waals surface area (Å²) in [7, 11) is 1.58. The minimum absolute atomic E-state index is 0.252. The van der Waals surface area contributed by atoms with E-state index in [0.717, 1.165) is 23.3 Å². The van der Waals surface area contributed by atoms with Gasteiger partial charge in [-0.05, 0) is 32.3 Å². The molecule has 27 heavy (non-hydrogen) atoms. The minimum Gasteiger partial charge on any atom is -0.383 e. The summed E-state index contributed by atoms with van der Waals surface area (Å²) in [4.78, 5) is 42.0.